The number of hydrogen-bond acceptors (Lipinski definition) is 7. The predicted octanol–water partition coefficient (Wildman–Crippen LogP) is 7.56. The number of carbonyl (C=O) groups excluding carboxylic acids is 2. The lowest BCUT2D eigenvalue weighted by molar-refractivity contribution is -0.113. The van der Waals surface area contributed by atoms with Crippen LogP contribution in [0.3, 0.4) is 0 Å². The van der Waals surface area contributed by atoms with Crippen LogP contribution >= 0.6 is 34.9 Å². The summed E-state index contributed by atoms with van der Waals surface area (Å²) in [5.74, 6) is 0.813. The third-order valence-electron chi connectivity index (χ3n) is 6.53. The second kappa shape index (κ2) is 12.3. The number of thiazole rings is 1. The number of urea groups is 1. The second-order valence-corrected chi connectivity index (χ2v) is 12.4. The van der Waals surface area contributed by atoms with E-state index in [4.69, 9.17) is 4.74 Å². The Hall–Kier alpha value is -3.99. The number of amides is 3. The third kappa shape index (κ3) is 6.19. The number of benzene rings is 3. The van der Waals surface area contributed by atoms with Crippen LogP contribution < -0.4 is 20.3 Å². The van der Waals surface area contributed by atoms with Gasteiger partial charge in [-0.15, -0.1) is 34.9 Å². The first-order chi connectivity index (χ1) is 20.1. The number of anilines is 3. The van der Waals surface area contributed by atoms with E-state index < -0.39 is 0 Å². The van der Waals surface area contributed by atoms with Crippen molar-refractivity contribution < 1.29 is 14.3 Å². The number of thioether (sulfide) groups is 2. The van der Waals surface area contributed by atoms with Gasteiger partial charge in [0, 0.05) is 26.4 Å². The van der Waals surface area contributed by atoms with Gasteiger partial charge < -0.3 is 15.4 Å². The molecular formula is C31H26N4O3S3. The SMILES string of the molecule is COc1cccc(-c2csc(NC(=O)CSc3cccc(NC(=O)N4c5ccccc5SC5C=CC=CC54)c3)n2)c1. The molecule has 41 heavy (non-hydrogen) atoms. The smallest absolute Gasteiger partial charge is 0.326 e. The minimum atomic E-state index is -0.191. The molecular weight excluding hydrogens is 573 g/mol. The molecule has 6 rings (SSSR count). The number of aromatic nitrogens is 1. The average Bonchev–Trinajstić information content (AvgIpc) is 3.47. The quantitative estimate of drug-likeness (QED) is 0.214. The fraction of sp³-hybridized carbons (Fsp3) is 0.129. The lowest BCUT2D eigenvalue weighted by Crippen LogP contribution is -2.49. The highest BCUT2D eigenvalue weighted by Crippen LogP contribution is 2.43. The van der Waals surface area contributed by atoms with Gasteiger partial charge in [0.15, 0.2) is 5.13 Å². The standard InChI is InChI=1S/C31H26N4O3S3/c1-38-22-10-6-8-20(16-22)24-18-40-30(33-24)34-29(36)19-39-23-11-7-9-21(17-23)32-31(37)35-25-12-2-4-14-27(25)41-28-15-5-3-13-26(28)35/h2-18,25,27H,19H2,1H3,(H,32,37)(H,33,34,36). The summed E-state index contributed by atoms with van der Waals surface area (Å²) >= 11 is 4.55. The zero-order valence-electron chi connectivity index (χ0n) is 22.0. The van der Waals surface area contributed by atoms with E-state index in [1.807, 2.05) is 89.2 Å². The molecule has 3 amide bonds. The van der Waals surface area contributed by atoms with Gasteiger partial charge >= 0.3 is 6.03 Å². The van der Waals surface area contributed by atoms with Gasteiger partial charge in [-0.3, -0.25) is 9.69 Å². The van der Waals surface area contributed by atoms with Crippen molar-refractivity contribution in [3.05, 3.63) is 102 Å². The number of allylic oxidation sites excluding steroid dienone is 2. The minimum Gasteiger partial charge on any atom is -0.497 e. The van der Waals surface area contributed by atoms with Gasteiger partial charge in [0.05, 0.1) is 35.5 Å². The van der Waals surface area contributed by atoms with E-state index in [1.165, 1.54) is 23.1 Å². The van der Waals surface area contributed by atoms with Crippen LogP contribution in [0.15, 0.2) is 112 Å². The summed E-state index contributed by atoms with van der Waals surface area (Å²) in [6.07, 6.45) is 8.23. The molecule has 206 valence electrons. The van der Waals surface area contributed by atoms with Crippen LogP contribution in [-0.2, 0) is 4.79 Å². The van der Waals surface area contributed by atoms with E-state index in [9.17, 15) is 9.59 Å². The van der Waals surface area contributed by atoms with E-state index in [2.05, 4.69) is 33.8 Å². The molecule has 0 bridgehead atoms. The maximum Gasteiger partial charge on any atom is 0.326 e. The van der Waals surface area contributed by atoms with Crippen LogP contribution in [0.2, 0.25) is 0 Å². The Labute approximate surface area is 250 Å². The third-order valence-corrected chi connectivity index (χ3v) is 9.59. The Kier molecular flexibility index (Phi) is 8.13. The summed E-state index contributed by atoms with van der Waals surface area (Å²) < 4.78 is 5.29. The summed E-state index contributed by atoms with van der Waals surface area (Å²) in [5, 5.41) is 8.56. The van der Waals surface area contributed by atoms with E-state index >= 15 is 0 Å². The van der Waals surface area contributed by atoms with Crippen LogP contribution in [0.25, 0.3) is 11.3 Å². The number of ether oxygens (including phenoxy) is 1. The van der Waals surface area contributed by atoms with Crippen LogP contribution in [0.4, 0.5) is 21.3 Å². The van der Waals surface area contributed by atoms with Gasteiger partial charge in [-0.1, -0.05) is 54.6 Å². The molecule has 2 aliphatic rings. The van der Waals surface area contributed by atoms with E-state index in [-0.39, 0.29) is 29.0 Å². The molecule has 10 heteroatoms. The Bertz CT molecular complexity index is 1650. The Morgan fingerprint density at radius 1 is 1.00 bits per heavy atom. The van der Waals surface area contributed by atoms with Crippen LogP contribution in [-0.4, -0.2) is 41.1 Å². The molecule has 2 unspecified atom stereocenters. The number of hydrogen-bond donors (Lipinski definition) is 2. The highest BCUT2D eigenvalue weighted by atomic mass is 32.2. The number of para-hydroxylation sites is 1. The summed E-state index contributed by atoms with van der Waals surface area (Å²) in [4.78, 5) is 34.6. The number of nitrogens with one attached hydrogen (secondary N) is 2. The Morgan fingerprint density at radius 3 is 2.76 bits per heavy atom. The summed E-state index contributed by atoms with van der Waals surface area (Å²) in [5.41, 5.74) is 3.27. The van der Waals surface area contributed by atoms with Crippen LogP contribution in [0, 0.1) is 0 Å². The topological polar surface area (TPSA) is 83.6 Å². The molecule has 4 aromatic rings. The van der Waals surface area contributed by atoms with Crippen molar-refractivity contribution in [2.45, 2.75) is 21.1 Å². The van der Waals surface area contributed by atoms with Crippen LogP contribution in [0.5, 0.6) is 5.75 Å². The molecule has 1 aromatic heterocycles. The Morgan fingerprint density at radius 2 is 1.85 bits per heavy atom. The fourth-order valence-corrected chi connectivity index (χ4v) is 7.37. The molecule has 2 atom stereocenters. The van der Waals surface area contributed by atoms with Crippen molar-refractivity contribution in [2.75, 3.05) is 28.4 Å². The highest BCUT2D eigenvalue weighted by Gasteiger charge is 2.36. The van der Waals surface area contributed by atoms with Gasteiger partial charge in [0.2, 0.25) is 5.91 Å². The molecule has 1 aliphatic heterocycles. The average molecular weight is 599 g/mol. The van der Waals surface area contributed by atoms with Gasteiger partial charge in [-0.05, 0) is 42.5 Å². The molecule has 0 saturated carbocycles. The summed E-state index contributed by atoms with van der Waals surface area (Å²) in [6.45, 7) is 0. The zero-order valence-corrected chi connectivity index (χ0v) is 24.5. The number of rotatable bonds is 7. The minimum absolute atomic E-state index is 0.0727. The molecule has 7 nitrogen and oxygen atoms in total. The van der Waals surface area contributed by atoms with Crippen molar-refractivity contribution in [3.8, 4) is 17.0 Å². The van der Waals surface area contributed by atoms with Gasteiger partial charge in [-0.2, -0.15) is 0 Å². The maximum absolute atomic E-state index is 13.6. The second-order valence-electron chi connectivity index (χ2n) is 9.25. The molecule has 2 N–H and O–H groups in total. The molecule has 0 saturated heterocycles. The van der Waals surface area contributed by atoms with Crippen molar-refractivity contribution >= 4 is 63.3 Å². The number of fused-ring (bicyclic) bond motifs is 2. The van der Waals surface area contributed by atoms with E-state index in [1.54, 1.807) is 18.9 Å². The van der Waals surface area contributed by atoms with Crippen molar-refractivity contribution in [3.63, 3.8) is 0 Å². The number of carbonyl (C=O) groups is 2. The first-order valence-electron chi connectivity index (χ1n) is 12.9. The first kappa shape index (κ1) is 27.2. The van der Waals surface area contributed by atoms with E-state index in [0.717, 1.165) is 32.5 Å². The monoisotopic (exact) mass is 598 g/mol. The normalized spacial score (nSPS) is 17.0. The molecule has 0 radical (unpaired) electrons. The molecule has 0 fully saturated rings. The fourth-order valence-electron chi connectivity index (χ4n) is 4.62. The lowest BCUT2D eigenvalue weighted by Gasteiger charge is -2.40. The number of methoxy groups -OCH3 is 1. The highest BCUT2D eigenvalue weighted by molar-refractivity contribution is 8.00. The largest absolute Gasteiger partial charge is 0.497 e. The zero-order chi connectivity index (χ0) is 28.2. The molecule has 3 aromatic carbocycles. The van der Waals surface area contributed by atoms with Crippen molar-refractivity contribution in [1.29, 1.82) is 0 Å². The van der Waals surface area contributed by atoms with Crippen molar-refractivity contribution in [1.82, 2.24) is 4.98 Å². The summed E-state index contributed by atoms with van der Waals surface area (Å²) in [6, 6.07) is 22.9. The van der Waals surface area contributed by atoms with Gasteiger partial charge in [-0.25, -0.2) is 9.78 Å². The first-order valence-corrected chi connectivity index (χ1v) is 15.7. The summed E-state index contributed by atoms with van der Waals surface area (Å²) in [7, 11) is 1.63. The van der Waals surface area contributed by atoms with Crippen molar-refractivity contribution in [2.24, 2.45) is 0 Å². The predicted molar refractivity (Wildman–Crippen MR) is 170 cm³/mol. The van der Waals surface area contributed by atoms with Gasteiger partial charge in [0.1, 0.15) is 5.75 Å². The Balaban J connectivity index is 1.08. The maximum atomic E-state index is 13.6. The number of nitrogens with zero attached hydrogens (tertiary/aromatic N) is 2. The van der Waals surface area contributed by atoms with E-state index in [0.29, 0.717) is 10.8 Å². The van der Waals surface area contributed by atoms with Gasteiger partial charge in [0.25, 0.3) is 0 Å². The molecule has 0 spiro atoms. The molecule has 1 aliphatic carbocycles. The van der Waals surface area contributed by atoms with Crippen LogP contribution in [0.1, 0.15) is 0 Å². The lowest BCUT2D eigenvalue weighted by atomic mass is 10.1. The molecule has 2 heterocycles.